The summed E-state index contributed by atoms with van der Waals surface area (Å²) in [6.07, 6.45) is 1.58. The summed E-state index contributed by atoms with van der Waals surface area (Å²) in [5.74, 6) is -1.81. The minimum atomic E-state index is -4.05. The molecule has 5 nitrogen and oxygen atoms in total. The van der Waals surface area contributed by atoms with Crippen LogP contribution in [-0.4, -0.2) is 29.2 Å². The average Bonchev–Trinajstić information content (AvgIpc) is 3.04. The van der Waals surface area contributed by atoms with Crippen LogP contribution in [0, 0.1) is 12.8 Å². The zero-order valence-corrected chi connectivity index (χ0v) is 16.7. The number of aliphatic carboxylic acids is 1. The number of H-pyrrole nitrogens is 1. The zero-order valence-electron chi connectivity index (χ0n) is 15.9. The number of aromatic nitrogens is 1. The Balaban J connectivity index is 1.78. The van der Waals surface area contributed by atoms with E-state index in [1.807, 2.05) is 19.1 Å². The van der Waals surface area contributed by atoms with Gasteiger partial charge in [0, 0.05) is 16.6 Å². The summed E-state index contributed by atoms with van der Waals surface area (Å²) in [6.45, 7) is 3.40. The molecule has 0 saturated heterocycles. The number of carboxylic acid groups (broad SMARTS) is 1. The molecule has 146 valence electrons. The molecule has 0 spiro atoms. The van der Waals surface area contributed by atoms with Gasteiger partial charge in [-0.05, 0) is 68.9 Å². The van der Waals surface area contributed by atoms with E-state index in [4.69, 9.17) is 0 Å². The number of nitrogens with one attached hydrogen (secondary N) is 1. The first-order valence-corrected chi connectivity index (χ1v) is 10.9. The second-order valence-electron chi connectivity index (χ2n) is 7.80. The third-order valence-corrected chi connectivity index (χ3v) is 8.68. The van der Waals surface area contributed by atoms with Gasteiger partial charge in [0.05, 0.1) is 4.90 Å². The molecule has 1 aliphatic carbocycles. The second-order valence-corrected chi connectivity index (χ2v) is 10.1. The number of aromatic amines is 1. The first kappa shape index (κ1) is 18.7. The Labute approximate surface area is 164 Å². The molecule has 0 aliphatic heterocycles. The first-order valence-electron chi connectivity index (χ1n) is 9.38. The third kappa shape index (κ3) is 2.66. The Kier molecular flexibility index (Phi) is 4.34. The Morgan fingerprint density at radius 2 is 1.89 bits per heavy atom. The molecule has 2 N–H and O–H groups in total. The normalized spacial score (nSPS) is 19.1. The van der Waals surface area contributed by atoms with E-state index in [1.54, 1.807) is 18.2 Å². The quantitative estimate of drug-likeness (QED) is 0.699. The zero-order chi connectivity index (χ0) is 20.1. The van der Waals surface area contributed by atoms with Gasteiger partial charge in [0.2, 0.25) is 0 Å². The van der Waals surface area contributed by atoms with Crippen molar-refractivity contribution in [1.29, 1.82) is 0 Å². The molecule has 4 rings (SSSR count). The van der Waals surface area contributed by atoms with E-state index < -0.39 is 26.5 Å². The number of fused-ring (bicyclic) bond motifs is 3. The number of carboxylic acids is 1. The van der Waals surface area contributed by atoms with E-state index in [2.05, 4.69) is 11.1 Å². The standard InChI is InChI=1S/C22H23NO4S/c1-14-8-11-19-18(12-14)17-10-9-15(13-20(17)23-19)22(2,21(24)25)28(26,27)16-6-4-3-5-7-16/h3-8,11-12,15,23H,9-10,13H2,1-2H3,(H,24,25). The van der Waals surface area contributed by atoms with E-state index in [0.29, 0.717) is 19.3 Å². The number of rotatable bonds is 4. The van der Waals surface area contributed by atoms with Gasteiger partial charge < -0.3 is 10.1 Å². The number of aryl methyl sites for hydroxylation is 2. The van der Waals surface area contributed by atoms with Gasteiger partial charge in [-0.25, -0.2) is 8.42 Å². The maximum Gasteiger partial charge on any atom is 0.325 e. The van der Waals surface area contributed by atoms with Gasteiger partial charge in [-0.2, -0.15) is 0 Å². The molecule has 1 aliphatic rings. The molecule has 28 heavy (non-hydrogen) atoms. The molecule has 0 amide bonds. The summed E-state index contributed by atoms with van der Waals surface area (Å²) >= 11 is 0. The molecule has 3 aromatic rings. The van der Waals surface area contributed by atoms with E-state index in [1.165, 1.54) is 30.2 Å². The fourth-order valence-corrected chi connectivity index (χ4v) is 6.24. The van der Waals surface area contributed by atoms with Crippen LogP contribution in [0.5, 0.6) is 0 Å². The van der Waals surface area contributed by atoms with Crippen LogP contribution in [0.25, 0.3) is 10.9 Å². The molecular formula is C22H23NO4S. The molecule has 0 bridgehead atoms. The molecule has 0 radical (unpaired) electrons. The van der Waals surface area contributed by atoms with Crippen molar-refractivity contribution in [2.75, 3.05) is 0 Å². The van der Waals surface area contributed by atoms with Crippen LogP contribution in [0.15, 0.2) is 53.4 Å². The van der Waals surface area contributed by atoms with E-state index in [0.717, 1.165) is 16.6 Å². The largest absolute Gasteiger partial charge is 0.480 e. The number of hydrogen-bond acceptors (Lipinski definition) is 3. The van der Waals surface area contributed by atoms with Crippen LogP contribution < -0.4 is 0 Å². The highest BCUT2D eigenvalue weighted by molar-refractivity contribution is 7.93. The van der Waals surface area contributed by atoms with Gasteiger partial charge in [0.25, 0.3) is 0 Å². The number of hydrogen-bond donors (Lipinski definition) is 2. The number of sulfone groups is 1. The monoisotopic (exact) mass is 397 g/mol. The van der Waals surface area contributed by atoms with Crippen LogP contribution >= 0.6 is 0 Å². The van der Waals surface area contributed by atoms with Crippen molar-refractivity contribution in [3.63, 3.8) is 0 Å². The van der Waals surface area contributed by atoms with Crippen molar-refractivity contribution >= 4 is 26.7 Å². The average molecular weight is 397 g/mol. The molecule has 0 fully saturated rings. The molecule has 1 aromatic heterocycles. The van der Waals surface area contributed by atoms with E-state index >= 15 is 0 Å². The molecule has 2 unspecified atom stereocenters. The third-order valence-electron chi connectivity index (χ3n) is 6.16. The number of benzene rings is 2. The predicted octanol–water partition coefficient (Wildman–Crippen LogP) is 3.90. The van der Waals surface area contributed by atoms with E-state index in [-0.39, 0.29) is 4.90 Å². The van der Waals surface area contributed by atoms with Crippen LogP contribution in [0.2, 0.25) is 0 Å². The van der Waals surface area contributed by atoms with Crippen LogP contribution in [0.3, 0.4) is 0 Å². The fraction of sp³-hybridized carbons (Fsp3) is 0.318. The summed E-state index contributed by atoms with van der Waals surface area (Å²) in [7, 11) is -4.05. The molecular weight excluding hydrogens is 374 g/mol. The lowest BCUT2D eigenvalue weighted by molar-refractivity contribution is -0.141. The van der Waals surface area contributed by atoms with Gasteiger partial charge in [-0.1, -0.05) is 29.8 Å². The Bertz CT molecular complexity index is 1160. The summed E-state index contributed by atoms with van der Waals surface area (Å²) in [5, 5.41) is 11.2. The van der Waals surface area contributed by atoms with Crippen LogP contribution in [0.1, 0.15) is 30.2 Å². The van der Waals surface area contributed by atoms with Gasteiger partial charge in [-0.15, -0.1) is 0 Å². The maximum atomic E-state index is 13.3. The molecule has 1 heterocycles. The maximum absolute atomic E-state index is 13.3. The minimum Gasteiger partial charge on any atom is -0.480 e. The predicted molar refractivity (Wildman–Crippen MR) is 108 cm³/mol. The SMILES string of the molecule is Cc1ccc2[nH]c3c(c2c1)CCC(C(C)(C(=O)O)S(=O)(=O)c1ccccc1)C3. The van der Waals surface area contributed by atoms with Crippen LogP contribution in [0.4, 0.5) is 0 Å². The van der Waals surface area contributed by atoms with Crippen molar-refractivity contribution in [3.8, 4) is 0 Å². The van der Waals surface area contributed by atoms with E-state index in [9.17, 15) is 18.3 Å². The lowest BCUT2D eigenvalue weighted by Crippen LogP contribution is -2.51. The first-order chi connectivity index (χ1) is 13.2. The van der Waals surface area contributed by atoms with Gasteiger partial charge >= 0.3 is 5.97 Å². The van der Waals surface area contributed by atoms with Crippen molar-refractivity contribution in [3.05, 3.63) is 65.4 Å². The van der Waals surface area contributed by atoms with Crippen molar-refractivity contribution in [1.82, 2.24) is 4.98 Å². The van der Waals surface area contributed by atoms with Crippen molar-refractivity contribution in [2.24, 2.45) is 5.92 Å². The second kappa shape index (κ2) is 6.48. The highest BCUT2D eigenvalue weighted by atomic mass is 32.2. The summed E-state index contributed by atoms with van der Waals surface area (Å²) in [6, 6.07) is 14.1. The minimum absolute atomic E-state index is 0.0537. The summed E-state index contributed by atoms with van der Waals surface area (Å²) < 4.78 is 24.8. The molecule has 0 saturated carbocycles. The smallest absolute Gasteiger partial charge is 0.325 e. The van der Waals surface area contributed by atoms with Gasteiger partial charge in [0.1, 0.15) is 0 Å². The summed E-state index contributed by atoms with van der Waals surface area (Å²) in [5.41, 5.74) is 4.31. The molecule has 6 heteroatoms. The van der Waals surface area contributed by atoms with Gasteiger partial charge in [-0.3, -0.25) is 4.79 Å². The Morgan fingerprint density at radius 1 is 1.18 bits per heavy atom. The van der Waals surface area contributed by atoms with Crippen molar-refractivity contribution < 1.29 is 18.3 Å². The molecule has 2 aromatic carbocycles. The molecule has 2 atom stereocenters. The fourth-order valence-electron chi connectivity index (χ4n) is 4.37. The topological polar surface area (TPSA) is 87.2 Å². The number of carbonyl (C=O) groups is 1. The van der Waals surface area contributed by atoms with Crippen molar-refractivity contribution in [2.45, 2.75) is 42.8 Å². The Hall–Kier alpha value is -2.60. The van der Waals surface area contributed by atoms with Gasteiger partial charge in [0.15, 0.2) is 14.6 Å². The lowest BCUT2D eigenvalue weighted by atomic mass is 9.79. The van der Waals surface area contributed by atoms with Crippen LogP contribution in [-0.2, 0) is 27.5 Å². The Morgan fingerprint density at radius 3 is 2.57 bits per heavy atom. The highest BCUT2D eigenvalue weighted by Gasteiger charge is 2.54. The highest BCUT2D eigenvalue weighted by Crippen LogP contribution is 2.42. The summed E-state index contributed by atoms with van der Waals surface area (Å²) in [4.78, 5) is 15.7. The lowest BCUT2D eigenvalue weighted by Gasteiger charge is -2.35.